The number of anilines is 1. The van der Waals surface area contributed by atoms with Gasteiger partial charge in [0.2, 0.25) is 5.88 Å². The molecule has 3 atom stereocenters. The van der Waals surface area contributed by atoms with Crippen LogP contribution in [0.1, 0.15) is 42.0 Å². The van der Waals surface area contributed by atoms with Crippen LogP contribution in [0.3, 0.4) is 0 Å². The van der Waals surface area contributed by atoms with Crippen LogP contribution in [0, 0.1) is 12.8 Å². The van der Waals surface area contributed by atoms with Crippen molar-refractivity contribution in [2.75, 3.05) is 18.6 Å². The number of carbonyl (C=O) groups excluding carboxylic acids is 1. The molecule has 3 unspecified atom stereocenters. The number of nitrogens with zero attached hydrogens (tertiary/aromatic N) is 4. The van der Waals surface area contributed by atoms with Crippen molar-refractivity contribution in [3.63, 3.8) is 0 Å². The minimum Gasteiger partial charge on any atom is -0.480 e. The van der Waals surface area contributed by atoms with Crippen molar-refractivity contribution < 1.29 is 9.53 Å². The standard InChI is InChI=1S/C18H24N6O2/c1-11-19-8-7-16(20-11)24-10-14(12-5-3-4-6-15(12)24)21-18(25)13-9-17(26-2)23-22-13/h7-9,12,14-15H,3-6,10H2,1-2H3,(H,21,25)(H,22,23). The lowest BCUT2D eigenvalue weighted by molar-refractivity contribution is 0.0920. The van der Waals surface area contributed by atoms with Crippen LogP contribution >= 0.6 is 0 Å². The lowest BCUT2D eigenvalue weighted by atomic mass is 9.83. The summed E-state index contributed by atoms with van der Waals surface area (Å²) in [5.41, 5.74) is 0.422. The molecular formula is C18H24N6O2. The summed E-state index contributed by atoms with van der Waals surface area (Å²) in [6, 6.07) is 4.09. The molecule has 0 radical (unpaired) electrons. The van der Waals surface area contributed by atoms with Gasteiger partial charge in [0.25, 0.3) is 5.91 Å². The molecule has 4 rings (SSSR count). The summed E-state index contributed by atoms with van der Waals surface area (Å²) in [7, 11) is 1.53. The Balaban J connectivity index is 1.53. The molecule has 138 valence electrons. The van der Waals surface area contributed by atoms with Crippen LogP contribution in [0.15, 0.2) is 18.3 Å². The smallest absolute Gasteiger partial charge is 0.269 e. The fraction of sp³-hybridized carbons (Fsp3) is 0.556. The van der Waals surface area contributed by atoms with Crippen LogP contribution in [0.4, 0.5) is 5.82 Å². The van der Waals surface area contributed by atoms with Crippen molar-refractivity contribution in [3.05, 3.63) is 29.8 Å². The molecule has 1 saturated heterocycles. The average Bonchev–Trinajstić information content (AvgIpc) is 3.27. The summed E-state index contributed by atoms with van der Waals surface area (Å²) in [5, 5.41) is 9.88. The third kappa shape index (κ3) is 3.11. The normalized spacial score (nSPS) is 25.0. The predicted molar refractivity (Wildman–Crippen MR) is 96.3 cm³/mol. The van der Waals surface area contributed by atoms with Crippen LogP contribution in [0.5, 0.6) is 5.88 Å². The van der Waals surface area contributed by atoms with E-state index in [2.05, 4.69) is 30.4 Å². The van der Waals surface area contributed by atoms with Gasteiger partial charge in [-0.05, 0) is 25.8 Å². The highest BCUT2D eigenvalue weighted by Crippen LogP contribution is 2.38. The van der Waals surface area contributed by atoms with Crippen molar-refractivity contribution >= 4 is 11.7 Å². The molecular weight excluding hydrogens is 332 g/mol. The van der Waals surface area contributed by atoms with Gasteiger partial charge in [-0.25, -0.2) is 9.97 Å². The van der Waals surface area contributed by atoms with Crippen LogP contribution in [-0.2, 0) is 0 Å². The number of aromatic nitrogens is 4. The number of ether oxygens (including phenoxy) is 1. The average molecular weight is 356 g/mol. The Kier molecular flexibility index (Phi) is 4.48. The van der Waals surface area contributed by atoms with Crippen LogP contribution in [-0.4, -0.2) is 51.8 Å². The third-order valence-electron chi connectivity index (χ3n) is 5.47. The number of hydrogen-bond donors (Lipinski definition) is 2. The summed E-state index contributed by atoms with van der Waals surface area (Å²) in [6.07, 6.45) is 6.50. The minimum absolute atomic E-state index is 0.0948. The van der Waals surface area contributed by atoms with Crippen LogP contribution < -0.4 is 15.0 Å². The van der Waals surface area contributed by atoms with E-state index in [1.165, 1.54) is 20.0 Å². The quantitative estimate of drug-likeness (QED) is 0.865. The van der Waals surface area contributed by atoms with Crippen molar-refractivity contribution in [2.45, 2.75) is 44.7 Å². The number of H-pyrrole nitrogens is 1. The zero-order valence-electron chi connectivity index (χ0n) is 15.1. The van der Waals surface area contributed by atoms with E-state index in [4.69, 9.17) is 4.74 Å². The highest BCUT2D eigenvalue weighted by Gasteiger charge is 2.44. The first kappa shape index (κ1) is 16.8. The molecule has 0 aromatic carbocycles. The fourth-order valence-electron chi connectivity index (χ4n) is 4.27. The van der Waals surface area contributed by atoms with Gasteiger partial charge in [-0.1, -0.05) is 12.8 Å². The first-order chi connectivity index (χ1) is 12.7. The van der Waals surface area contributed by atoms with E-state index in [1.807, 2.05) is 13.0 Å². The molecule has 3 heterocycles. The molecule has 1 saturated carbocycles. The summed E-state index contributed by atoms with van der Waals surface area (Å²) >= 11 is 0. The highest BCUT2D eigenvalue weighted by atomic mass is 16.5. The SMILES string of the molecule is COc1cc(C(=O)NC2CN(c3ccnc(C)n3)C3CCCCC23)[nH]n1. The second-order valence-corrected chi connectivity index (χ2v) is 7.03. The zero-order valence-corrected chi connectivity index (χ0v) is 15.1. The first-order valence-corrected chi connectivity index (χ1v) is 9.12. The molecule has 1 aliphatic carbocycles. The highest BCUT2D eigenvalue weighted by molar-refractivity contribution is 5.92. The van der Waals surface area contributed by atoms with Gasteiger partial charge < -0.3 is 15.0 Å². The lowest BCUT2D eigenvalue weighted by Crippen LogP contribution is -2.42. The van der Waals surface area contributed by atoms with Gasteiger partial charge in [0.1, 0.15) is 17.3 Å². The van der Waals surface area contributed by atoms with E-state index in [9.17, 15) is 4.79 Å². The van der Waals surface area contributed by atoms with Crippen molar-refractivity contribution in [3.8, 4) is 5.88 Å². The summed E-state index contributed by atoms with van der Waals surface area (Å²) < 4.78 is 5.04. The van der Waals surface area contributed by atoms with Gasteiger partial charge in [0.15, 0.2) is 0 Å². The lowest BCUT2D eigenvalue weighted by Gasteiger charge is -2.32. The van der Waals surface area contributed by atoms with Crippen LogP contribution in [0.2, 0.25) is 0 Å². The molecule has 2 N–H and O–H groups in total. The summed E-state index contributed by atoms with van der Waals surface area (Å²) in [5.74, 6) is 2.43. The van der Waals surface area contributed by atoms with E-state index in [-0.39, 0.29) is 11.9 Å². The summed E-state index contributed by atoms with van der Waals surface area (Å²) in [4.78, 5) is 23.8. The Hall–Kier alpha value is -2.64. The first-order valence-electron chi connectivity index (χ1n) is 9.12. The summed E-state index contributed by atoms with van der Waals surface area (Å²) in [6.45, 7) is 2.67. The molecule has 26 heavy (non-hydrogen) atoms. The molecule has 0 bridgehead atoms. The van der Waals surface area contributed by atoms with E-state index in [0.717, 1.165) is 31.0 Å². The fourth-order valence-corrected chi connectivity index (χ4v) is 4.27. The molecule has 8 nitrogen and oxygen atoms in total. The molecule has 8 heteroatoms. The number of nitrogens with one attached hydrogen (secondary N) is 2. The van der Waals surface area contributed by atoms with Gasteiger partial charge >= 0.3 is 0 Å². The maximum Gasteiger partial charge on any atom is 0.269 e. The van der Waals surface area contributed by atoms with E-state index < -0.39 is 0 Å². The third-order valence-corrected chi connectivity index (χ3v) is 5.47. The Morgan fingerprint density at radius 3 is 3.00 bits per heavy atom. The Morgan fingerprint density at radius 1 is 1.38 bits per heavy atom. The van der Waals surface area contributed by atoms with E-state index in [1.54, 1.807) is 12.3 Å². The number of aromatic amines is 1. The second-order valence-electron chi connectivity index (χ2n) is 7.03. The predicted octanol–water partition coefficient (Wildman–Crippen LogP) is 1.69. The Labute approximate surface area is 152 Å². The maximum atomic E-state index is 12.6. The number of aryl methyl sites for hydroxylation is 1. The molecule has 2 fully saturated rings. The van der Waals surface area contributed by atoms with Crippen molar-refractivity contribution in [1.29, 1.82) is 0 Å². The number of amides is 1. The molecule has 1 aliphatic heterocycles. The van der Waals surface area contributed by atoms with Gasteiger partial charge in [0.05, 0.1) is 13.2 Å². The van der Waals surface area contributed by atoms with E-state index in [0.29, 0.717) is 23.5 Å². The van der Waals surface area contributed by atoms with Crippen molar-refractivity contribution in [2.24, 2.45) is 5.92 Å². The molecule has 2 aromatic rings. The minimum atomic E-state index is -0.143. The molecule has 1 amide bonds. The topological polar surface area (TPSA) is 96.0 Å². The van der Waals surface area contributed by atoms with Gasteiger partial charge in [-0.15, -0.1) is 5.10 Å². The maximum absolute atomic E-state index is 12.6. The van der Waals surface area contributed by atoms with E-state index >= 15 is 0 Å². The number of methoxy groups -OCH3 is 1. The number of carbonyl (C=O) groups is 1. The largest absolute Gasteiger partial charge is 0.480 e. The molecule has 2 aliphatic rings. The van der Waals surface area contributed by atoms with Crippen molar-refractivity contribution in [1.82, 2.24) is 25.5 Å². The molecule has 0 spiro atoms. The van der Waals surface area contributed by atoms with Gasteiger partial charge in [-0.2, -0.15) is 0 Å². The number of rotatable bonds is 4. The monoisotopic (exact) mass is 356 g/mol. The zero-order chi connectivity index (χ0) is 18.1. The second kappa shape index (κ2) is 6.93. The number of hydrogen-bond acceptors (Lipinski definition) is 6. The number of fused-ring (bicyclic) bond motifs is 1. The van der Waals surface area contributed by atoms with Gasteiger partial charge in [-0.3, -0.25) is 9.89 Å². The van der Waals surface area contributed by atoms with Gasteiger partial charge in [0, 0.05) is 30.8 Å². The Bertz CT molecular complexity index is 791. The Morgan fingerprint density at radius 2 is 2.23 bits per heavy atom. The van der Waals surface area contributed by atoms with Crippen LogP contribution in [0.25, 0.3) is 0 Å². The molecule has 2 aromatic heterocycles.